The number of allylic oxidation sites excluding steroid dienone is 6. The summed E-state index contributed by atoms with van der Waals surface area (Å²) in [6.07, 6.45) is 15.3. The third kappa shape index (κ3) is 13.5. The van der Waals surface area contributed by atoms with Crippen LogP contribution in [0, 0.1) is 52.8 Å². The first kappa shape index (κ1) is 53.2. The molecule has 1 heterocycles. The molecule has 1 aliphatic heterocycles. The number of esters is 1. The number of carbonyl (C=O) groups excluding carboxylic acids is 1. The molecule has 0 spiro atoms. The molecule has 0 saturated heterocycles. The molecule has 0 fully saturated rings. The lowest BCUT2D eigenvalue weighted by Gasteiger charge is -2.34. The Kier molecular flexibility index (Phi) is 18.5. The molecule has 3 aromatic rings. The number of thioether (sulfide) groups is 1. The van der Waals surface area contributed by atoms with Crippen LogP contribution < -0.4 is 4.90 Å². The van der Waals surface area contributed by atoms with Crippen LogP contribution in [0.15, 0.2) is 147 Å². The number of ether oxygens (including phenoxy) is 4. The maximum atomic E-state index is 15.8. The van der Waals surface area contributed by atoms with Crippen molar-refractivity contribution in [3.05, 3.63) is 158 Å². The van der Waals surface area contributed by atoms with Gasteiger partial charge in [-0.2, -0.15) is 23.7 Å². The van der Waals surface area contributed by atoms with Crippen LogP contribution in [0.2, 0.25) is 0 Å². The van der Waals surface area contributed by atoms with Gasteiger partial charge in [-0.15, -0.1) is 12.8 Å². The second kappa shape index (κ2) is 24.0. The molecule has 1 unspecified atom stereocenters. The fourth-order valence-electron chi connectivity index (χ4n) is 7.94. The minimum absolute atomic E-state index is 0.0752. The van der Waals surface area contributed by atoms with E-state index >= 15 is 13.2 Å². The molecule has 0 radical (unpaired) electrons. The summed E-state index contributed by atoms with van der Waals surface area (Å²) in [5.41, 5.74) is -1.34. The number of benzene rings is 3. The topological polar surface area (TPSA) is 125 Å². The first-order valence-electron chi connectivity index (χ1n) is 22.3. The van der Waals surface area contributed by atoms with E-state index in [-0.39, 0.29) is 29.6 Å². The Hall–Kier alpha value is -6.71. The lowest BCUT2D eigenvalue weighted by atomic mass is 9.74. The molecular weight excluding hydrogens is 900 g/mol. The number of rotatable bonds is 19. The zero-order valence-corrected chi connectivity index (χ0v) is 40.3. The van der Waals surface area contributed by atoms with Gasteiger partial charge in [0.2, 0.25) is 0 Å². The quantitative estimate of drug-likeness (QED) is 0.0408. The van der Waals surface area contributed by atoms with E-state index in [1.807, 2.05) is 30.3 Å². The third-order valence-electron chi connectivity index (χ3n) is 11.2. The highest BCUT2D eigenvalue weighted by molar-refractivity contribution is 8.03. The number of alkyl halides is 3. The maximum Gasteiger partial charge on any atom is 0.437 e. The standard InChI is InChI=1S/C56H56F3N3O6S/c1-8-31-65-33-28-62(29-34-66-32-9-2)45-24-19-40(20-25-45)18-21-42-37-54(6,7)36-41(51(42)69-46-26-22-43(23-27-46)53(3,4)5)14-13-17-49-47(38-60)50(48(39-61)52(64)67-35-30-63)68-55(49,56(57,58)59)44-15-11-10-12-16-44/h1-2,10-27,63H,28-37H2,3-7H3/b17-13+,21-18+,41-14+,50-48-. The number of halogens is 3. The second-order valence-electron chi connectivity index (χ2n) is 17.9. The van der Waals surface area contributed by atoms with Gasteiger partial charge in [0.25, 0.3) is 5.60 Å². The van der Waals surface area contributed by atoms with Crippen LogP contribution in [-0.2, 0) is 34.8 Å². The lowest BCUT2D eigenvalue weighted by Crippen LogP contribution is -2.43. The number of nitriles is 2. The van der Waals surface area contributed by atoms with E-state index in [0.29, 0.717) is 39.1 Å². The predicted molar refractivity (Wildman–Crippen MR) is 264 cm³/mol. The average Bonchev–Trinajstić information content (AvgIpc) is 3.66. The van der Waals surface area contributed by atoms with Gasteiger partial charge in [0.05, 0.1) is 19.8 Å². The molecule has 1 N–H and O–H groups in total. The van der Waals surface area contributed by atoms with E-state index < -0.39 is 53.4 Å². The smallest absolute Gasteiger partial charge is 0.437 e. The Bertz CT molecular complexity index is 2640. The number of hydrogen-bond donors (Lipinski definition) is 1. The van der Waals surface area contributed by atoms with Crippen molar-refractivity contribution >= 4 is 29.5 Å². The molecule has 9 nitrogen and oxygen atoms in total. The molecule has 0 saturated carbocycles. The van der Waals surface area contributed by atoms with E-state index in [1.165, 1.54) is 36.4 Å². The second-order valence-corrected chi connectivity index (χ2v) is 19.0. The van der Waals surface area contributed by atoms with Gasteiger partial charge in [0.1, 0.15) is 37.5 Å². The van der Waals surface area contributed by atoms with E-state index in [1.54, 1.807) is 30.0 Å². The van der Waals surface area contributed by atoms with E-state index in [9.17, 15) is 20.4 Å². The molecule has 0 bridgehead atoms. The monoisotopic (exact) mass is 955 g/mol. The molecule has 3 aromatic carbocycles. The summed E-state index contributed by atoms with van der Waals surface area (Å²) in [5.74, 6) is 2.75. The van der Waals surface area contributed by atoms with Crippen molar-refractivity contribution in [1.29, 1.82) is 10.5 Å². The van der Waals surface area contributed by atoms with Crippen LogP contribution in [0.1, 0.15) is 64.2 Å². The van der Waals surface area contributed by atoms with Gasteiger partial charge < -0.3 is 29.0 Å². The third-order valence-corrected chi connectivity index (χ3v) is 12.5. The number of aliphatic hydroxyl groups is 1. The Morgan fingerprint density at radius 1 is 0.884 bits per heavy atom. The number of terminal acetylenes is 2. The van der Waals surface area contributed by atoms with Gasteiger partial charge >= 0.3 is 12.1 Å². The van der Waals surface area contributed by atoms with Crippen LogP contribution >= 0.6 is 11.8 Å². The highest BCUT2D eigenvalue weighted by Gasteiger charge is 2.65. The minimum atomic E-state index is -5.20. The average molecular weight is 956 g/mol. The molecule has 2 aliphatic rings. The van der Waals surface area contributed by atoms with Gasteiger partial charge in [-0.3, -0.25) is 0 Å². The van der Waals surface area contributed by atoms with Crippen molar-refractivity contribution in [2.45, 2.75) is 69.5 Å². The summed E-state index contributed by atoms with van der Waals surface area (Å²) in [4.78, 5) is 17.0. The van der Waals surface area contributed by atoms with E-state index in [2.05, 4.69) is 81.7 Å². The zero-order valence-electron chi connectivity index (χ0n) is 39.5. The Morgan fingerprint density at radius 2 is 1.52 bits per heavy atom. The minimum Gasteiger partial charge on any atom is -0.465 e. The van der Waals surface area contributed by atoms with Crippen molar-refractivity contribution in [3.8, 4) is 36.8 Å². The molecule has 0 aromatic heterocycles. The molecule has 1 atom stereocenters. The first-order valence-corrected chi connectivity index (χ1v) is 23.1. The lowest BCUT2D eigenvalue weighted by molar-refractivity contribution is -0.249. The van der Waals surface area contributed by atoms with Gasteiger partial charge in [-0.1, -0.05) is 143 Å². The number of anilines is 1. The number of hydrogen-bond acceptors (Lipinski definition) is 10. The summed E-state index contributed by atoms with van der Waals surface area (Å²) in [5, 5.41) is 29.8. The Labute approximate surface area is 408 Å². The Morgan fingerprint density at radius 3 is 2.07 bits per heavy atom. The van der Waals surface area contributed by atoms with Crippen molar-refractivity contribution in [3.63, 3.8) is 0 Å². The summed E-state index contributed by atoms with van der Waals surface area (Å²) >= 11 is 1.56. The number of aliphatic hydroxyl groups excluding tert-OH is 1. The van der Waals surface area contributed by atoms with E-state index in [4.69, 9.17) is 31.8 Å². The molecule has 1 aliphatic carbocycles. The zero-order chi connectivity index (χ0) is 50.2. The summed E-state index contributed by atoms with van der Waals surface area (Å²) in [6.45, 7) is 12.0. The SMILES string of the molecule is C#CCOCCN(CCOCC#C)c1ccc(/C=C/C2=C(Sc3ccc(C(C)(C)C)cc3)C(=C/C=C/C3=C(C#N)C(=C(\C#N)C(=O)OCCO)/OC3(c3ccccc3)C(F)(F)F)/CC(C)(C)C2)cc1. The van der Waals surface area contributed by atoms with Crippen LogP contribution in [0.25, 0.3) is 6.08 Å². The highest BCUT2D eigenvalue weighted by Crippen LogP contribution is 2.56. The van der Waals surface area contributed by atoms with Crippen molar-refractivity contribution in [2.75, 3.05) is 57.6 Å². The summed E-state index contributed by atoms with van der Waals surface area (Å²) < 4.78 is 69.0. The predicted octanol–water partition coefficient (Wildman–Crippen LogP) is 11.1. The fraction of sp³-hybridized carbons (Fsp3) is 0.339. The number of carbonyl (C=O) groups is 1. The first-order chi connectivity index (χ1) is 32.9. The fourth-order valence-corrected chi connectivity index (χ4v) is 8.99. The van der Waals surface area contributed by atoms with Crippen LogP contribution in [0.5, 0.6) is 0 Å². The molecule has 5 rings (SSSR count). The van der Waals surface area contributed by atoms with Gasteiger partial charge in [-0.25, -0.2) is 4.79 Å². The van der Waals surface area contributed by atoms with Crippen LogP contribution in [0.4, 0.5) is 18.9 Å². The van der Waals surface area contributed by atoms with Gasteiger partial charge in [0.15, 0.2) is 11.3 Å². The molecular formula is C56H56F3N3O6S. The van der Waals surface area contributed by atoms with E-state index in [0.717, 1.165) is 43.8 Å². The molecule has 358 valence electrons. The number of nitrogens with zero attached hydrogens (tertiary/aromatic N) is 3. The highest BCUT2D eigenvalue weighted by atomic mass is 32.2. The van der Waals surface area contributed by atoms with Crippen molar-refractivity contribution < 1.29 is 42.0 Å². The van der Waals surface area contributed by atoms with Gasteiger partial charge in [0, 0.05) is 39.7 Å². The van der Waals surface area contributed by atoms with Crippen LogP contribution in [-0.4, -0.2) is 70.0 Å². The summed E-state index contributed by atoms with van der Waals surface area (Å²) in [6, 6.07) is 26.5. The van der Waals surface area contributed by atoms with Crippen LogP contribution in [0.3, 0.4) is 0 Å². The normalized spacial score (nSPS) is 18.4. The van der Waals surface area contributed by atoms with Gasteiger partial charge in [-0.05, 0) is 70.2 Å². The summed E-state index contributed by atoms with van der Waals surface area (Å²) in [7, 11) is 0. The largest absolute Gasteiger partial charge is 0.465 e. The molecule has 69 heavy (non-hydrogen) atoms. The van der Waals surface area contributed by atoms with Crippen molar-refractivity contribution in [2.24, 2.45) is 5.41 Å². The molecule has 0 amide bonds. The maximum absolute atomic E-state index is 15.8. The van der Waals surface area contributed by atoms with Crippen molar-refractivity contribution in [1.82, 2.24) is 0 Å². The molecule has 13 heteroatoms. The Balaban J connectivity index is 1.64.